The molecule has 0 unspecified atom stereocenters. The topological polar surface area (TPSA) is 91.8 Å². The molecule has 2 heterocycles. The van der Waals surface area contributed by atoms with Crippen LogP contribution in [0.15, 0.2) is 24.3 Å². The van der Waals surface area contributed by atoms with Gasteiger partial charge in [0.05, 0.1) is 17.1 Å². The van der Waals surface area contributed by atoms with Crippen molar-refractivity contribution in [3.8, 4) is 0 Å². The summed E-state index contributed by atoms with van der Waals surface area (Å²) in [6.45, 7) is 1.42. The van der Waals surface area contributed by atoms with Gasteiger partial charge in [-0.05, 0) is 49.3 Å². The second-order valence-corrected chi connectivity index (χ2v) is 9.37. The highest BCUT2D eigenvalue weighted by Gasteiger charge is 2.34. The Hall–Kier alpha value is -1.89. The van der Waals surface area contributed by atoms with Gasteiger partial charge >= 0.3 is 5.97 Å². The Morgan fingerprint density at radius 2 is 1.72 bits per heavy atom. The smallest absolute Gasteiger partial charge is 0.335 e. The normalized spacial score (nSPS) is 23.5. The Morgan fingerprint density at radius 1 is 1.08 bits per heavy atom. The summed E-state index contributed by atoms with van der Waals surface area (Å²) >= 11 is 0. The van der Waals surface area contributed by atoms with Crippen LogP contribution < -0.4 is 0 Å². The number of likely N-dealkylation sites (tertiary alicyclic amines) is 1. The highest BCUT2D eigenvalue weighted by molar-refractivity contribution is 7.91. The lowest BCUT2D eigenvalue weighted by molar-refractivity contribution is -0.134. The molecule has 1 atom stereocenters. The molecule has 0 saturated carbocycles. The van der Waals surface area contributed by atoms with E-state index in [-0.39, 0.29) is 28.9 Å². The van der Waals surface area contributed by atoms with Gasteiger partial charge in [0.1, 0.15) is 9.84 Å². The Kier molecular flexibility index (Phi) is 5.13. The summed E-state index contributed by atoms with van der Waals surface area (Å²) in [5.41, 5.74) is 1.35. The minimum Gasteiger partial charge on any atom is -0.478 e. The maximum Gasteiger partial charge on any atom is 0.335 e. The summed E-state index contributed by atoms with van der Waals surface area (Å²) in [4.78, 5) is 25.4. The molecule has 0 radical (unpaired) electrons. The molecule has 2 aliphatic heterocycles. The zero-order chi connectivity index (χ0) is 18.0. The van der Waals surface area contributed by atoms with E-state index in [2.05, 4.69) is 0 Å². The molecule has 1 aromatic rings. The molecule has 1 amide bonds. The van der Waals surface area contributed by atoms with Gasteiger partial charge in [0.2, 0.25) is 5.91 Å². The van der Waals surface area contributed by atoms with E-state index < -0.39 is 15.8 Å². The fourth-order valence-electron chi connectivity index (χ4n) is 3.71. The first-order valence-electron chi connectivity index (χ1n) is 8.65. The molecule has 2 aliphatic rings. The van der Waals surface area contributed by atoms with Crippen LogP contribution in [0.3, 0.4) is 0 Å². The molecule has 6 nitrogen and oxygen atoms in total. The number of hydrogen-bond donors (Lipinski definition) is 1. The Labute approximate surface area is 147 Å². The summed E-state index contributed by atoms with van der Waals surface area (Å²) in [7, 11) is -2.95. The third-order valence-corrected chi connectivity index (χ3v) is 6.94. The molecule has 7 heteroatoms. The van der Waals surface area contributed by atoms with Crippen LogP contribution in [-0.2, 0) is 21.1 Å². The lowest BCUT2D eigenvalue weighted by Gasteiger charge is -2.26. The molecule has 0 bridgehead atoms. The monoisotopic (exact) mass is 365 g/mol. The number of aromatic carboxylic acids is 1. The highest BCUT2D eigenvalue weighted by Crippen LogP contribution is 2.26. The fourth-order valence-corrected chi connectivity index (χ4v) is 5.20. The van der Waals surface area contributed by atoms with E-state index in [0.717, 1.165) is 24.9 Å². The van der Waals surface area contributed by atoms with Gasteiger partial charge in [-0.15, -0.1) is 0 Å². The van der Waals surface area contributed by atoms with Crippen LogP contribution in [0.4, 0.5) is 0 Å². The van der Waals surface area contributed by atoms with Crippen LogP contribution in [0.2, 0.25) is 0 Å². The molecule has 3 rings (SSSR count). The lowest BCUT2D eigenvalue weighted by atomic mass is 9.97. The van der Waals surface area contributed by atoms with E-state index in [9.17, 15) is 18.0 Å². The molecule has 136 valence electrons. The third-order valence-electron chi connectivity index (χ3n) is 5.23. The number of benzene rings is 1. The fraction of sp³-hybridized carbons (Fsp3) is 0.556. The molecule has 0 aliphatic carbocycles. The van der Waals surface area contributed by atoms with Gasteiger partial charge in [0.25, 0.3) is 0 Å². The Morgan fingerprint density at radius 3 is 2.32 bits per heavy atom. The van der Waals surface area contributed by atoms with Crippen molar-refractivity contribution in [1.29, 1.82) is 0 Å². The van der Waals surface area contributed by atoms with Gasteiger partial charge in [-0.1, -0.05) is 12.1 Å². The van der Waals surface area contributed by atoms with E-state index in [1.165, 1.54) is 0 Å². The SMILES string of the molecule is O=C(O)c1ccc(C[C@H]2CCN(C(=O)C3CCS(=O)(=O)CC3)C2)cc1. The molecule has 2 fully saturated rings. The third kappa shape index (κ3) is 4.39. The molecule has 2 saturated heterocycles. The predicted octanol–water partition coefficient (Wildman–Crippen LogP) is 1.60. The number of carboxylic acids is 1. The van der Waals surface area contributed by atoms with Gasteiger partial charge in [0, 0.05) is 19.0 Å². The van der Waals surface area contributed by atoms with Crippen molar-refractivity contribution in [3.05, 3.63) is 35.4 Å². The number of carboxylic acid groups (broad SMARTS) is 1. The summed E-state index contributed by atoms with van der Waals surface area (Å²) in [6.07, 6.45) is 2.64. The Balaban J connectivity index is 1.53. The van der Waals surface area contributed by atoms with E-state index >= 15 is 0 Å². The first kappa shape index (κ1) is 17.9. The van der Waals surface area contributed by atoms with Gasteiger partial charge < -0.3 is 10.0 Å². The quantitative estimate of drug-likeness (QED) is 0.875. The molecule has 25 heavy (non-hydrogen) atoms. The van der Waals surface area contributed by atoms with E-state index in [4.69, 9.17) is 5.11 Å². The number of rotatable bonds is 4. The summed E-state index contributed by atoms with van der Waals surface area (Å²) in [5.74, 6) is -0.380. The molecule has 1 N–H and O–H groups in total. The molecule has 1 aromatic carbocycles. The van der Waals surface area contributed by atoms with Crippen molar-refractivity contribution in [2.45, 2.75) is 25.7 Å². The van der Waals surface area contributed by atoms with Crippen LogP contribution in [0, 0.1) is 11.8 Å². The maximum atomic E-state index is 12.6. The Bertz CT molecular complexity index is 742. The van der Waals surface area contributed by atoms with Gasteiger partial charge in [-0.3, -0.25) is 4.79 Å². The summed E-state index contributed by atoms with van der Waals surface area (Å²) in [5, 5.41) is 8.93. The zero-order valence-corrected chi connectivity index (χ0v) is 14.9. The highest BCUT2D eigenvalue weighted by atomic mass is 32.2. The van der Waals surface area contributed by atoms with Crippen molar-refractivity contribution in [3.63, 3.8) is 0 Å². The first-order valence-corrected chi connectivity index (χ1v) is 10.5. The average molecular weight is 365 g/mol. The van der Waals surface area contributed by atoms with Crippen LogP contribution in [0.1, 0.15) is 35.2 Å². The zero-order valence-electron chi connectivity index (χ0n) is 14.1. The van der Waals surface area contributed by atoms with E-state index in [0.29, 0.717) is 25.3 Å². The minimum atomic E-state index is -2.95. The van der Waals surface area contributed by atoms with Crippen molar-refractivity contribution in [1.82, 2.24) is 4.90 Å². The number of nitrogens with zero attached hydrogens (tertiary/aromatic N) is 1. The van der Waals surface area contributed by atoms with Crippen LogP contribution in [-0.4, -0.2) is 54.9 Å². The number of carbonyl (C=O) groups is 2. The summed E-state index contributed by atoms with van der Waals surface area (Å²) in [6, 6.07) is 6.88. The average Bonchev–Trinajstić information content (AvgIpc) is 3.03. The number of carbonyl (C=O) groups excluding carboxylic acids is 1. The van der Waals surface area contributed by atoms with E-state index in [1.54, 1.807) is 12.1 Å². The number of hydrogen-bond acceptors (Lipinski definition) is 4. The minimum absolute atomic E-state index is 0.0959. The van der Waals surface area contributed by atoms with Crippen molar-refractivity contribution in [2.24, 2.45) is 11.8 Å². The second kappa shape index (κ2) is 7.15. The van der Waals surface area contributed by atoms with Crippen molar-refractivity contribution >= 4 is 21.7 Å². The number of amides is 1. The van der Waals surface area contributed by atoms with Gasteiger partial charge in [0.15, 0.2) is 0 Å². The van der Waals surface area contributed by atoms with Crippen LogP contribution >= 0.6 is 0 Å². The van der Waals surface area contributed by atoms with E-state index in [1.807, 2.05) is 17.0 Å². The van der Waals surface area contributed by atoms with Crippen LogP contribution in [0.25, 0.3) is 0 Å². The molecule has 0 spiro atoms. The molecular weight excluding hydrogens is 342 g/mol. The van der Waals surface area contributed by atoms with Crippen molar-refractivity contribution < 1.29 is 23.1 Å². The first-order chi connectivity index (χ1) is 11.8. The molecule has 0 aromatic heterocycles. The largest absolute Gasteiger partial charge is 0.478 e. The van der Waals surface area contributed by atoms with Crippen LogP contribution in [0.5, 0.6) is 0 Å². The lowest BCUT2D eigenvalue weighted by Crippen LogP contribution is -2.38. The number of sulfone groups is 1. The molecular formula is C18H23NO5S. The predicted molar refractivity (Wildman–Crippen MR) is 93.2 cm³/mol. The van der Waals surface area contributed by atoms with Gasteiger partial charge in [-0.25, -0.2) is 13.2 Å². The second-order valence-electron chi connectivity index (χ2n) is 7.07. The summed E-state index contributed by atoms with van der Waals surface area (Å²) < 4.78 is 23.0. The maximum absolute atomic E-state index is 12.6. The standard InChI is InChI=1S/C18H23NO5S/c20-17(15-6-9-25(23,24)10-7-15)19-8-5-14(12-19)11-13-1-3-16(4-2-13)18(21)22/h1-4,14-15H,5-12H2,(H,21,22)/t14-/m1/s1. The van der Waals surface area contributed by atoms with Crippen molar-refractivity contribution in [2.75, 3.05) is 24.6 Å². The van der Waals surface area contributed by atoms with Gasteiger partial charge in [-0.2, -0.15) is 0 Å².